The third-order valence-corrected chi connectivity index (χ3v) is 7.42. The largest absolute Gasteiger partial charge is 0.465 e. The van der Waals surface area contributed by atoms with E-state index in [-0.39, 0.29) is 9.77 Å². The lowest BCUT2D eigenvalue weighted by molar-refractivity contribution is 0.0602. The zero-order chi connectivity index (χ0) is 18.7. The van der Waals surface area contributed by atoms with Crippen LogP contribution in [0.1, 0.15) is 21.9 Å². The molecule has 0 atom stereocenters. The van der Waals surface area contributed by atoms with Crippen molar-refractivity contribution in [3.05, 3.63) is 34.5 Å². The highest BCUT2D eigenvalue weighted by molar-refractivity contribution is 7.89. The van der Waals surface area contributed by atoms with Crippen molar-refractivity contribution in [2.45, 2.75) is 17.9 Å². The summed E-state index contributed by atoms with van der Waals surface area (Å²) in [5.74, 6) is 0.330. The van der Waals surface area contributed by atoms with Crippen molar-refractivity contribution in [2.75, 3.05) is 33.3 Å². The SMILES string of the molecule is COC(=O)c1sccc1S(=O)(=O)N1CCCN(Cc2nccn2C)CC1. The summed E-state index contributed by atoms with van der Waals surface area (Å²) < 4.78 is 34.1. The summed E-state index contributed by atoms with van der Waals surface area (Å²) in [4.78, 5) is 18.5. The van der Waals surface area contributed by atoms with Gasteiger partial charge in [0.15, 0.2) is 0 Å². The zero-order valence-electron chi connectivity index (χ0n) is 14.8. The smallest absolute Gasteiger partial charge is 0.349 e. The molecular formula is C16H22N4O4S2. The Morgan fingerprint density at radius 1 is 1.31 bits per heavy atom. The maximum absolute atomic E-state index is 13.0. The van der Waals surface area contributed by atoms with Crippen molar-refractivity contribution in [1.29, 1.82) is 0 Å². The van der Waals surface area contributed by atoms with Gasteiger partial charge in [0, 0.05) is 39.1 Å². The minimum absolute atomic E-state index is 0.0342. The molecule has 0 N–H and O–H groups in total. The summed E-state index contributed by atoms with van der Waals surface area (Å²) in [6, 6.07) is 1.48. The molecule has 0 bridgehead atoms. The van der Waals surface area contributed by atoms with Crippen LogP contribution in [0.3, 0.4) is 0 Å². The molecule has 26 heavy (non-hydrogen) atoms. The van der Waals surface area contributed by atoms with Crippen LogP contribution >= 0.6 is 11.3 Å². The van der Waals surface area contributed by atoms with Crippen molar-refractivity contribution in [1.82, 2.24) is 18.8 Å². The van der Waals surface area contributed by atoms with Gasteiger partial charge < -0.3 is 9.30 Å². The van der Waals surface area contributed by atoms with E-state index in [9.17, 15) is 13.2 Å². The van der Waals surface area contributed by atoms with E-state index in [1.165, 1.54) is 17.5 Å². The first kappa shape index (κ1) is 19.0. The molecule has 0 aromatic carbocycles. The maximum atomic E-state index is 13.0. The van der Waals surface area contributed by atoms with Crippen LogP contribution in [0.2, 0.25) is 0 Å². The van der Waals surface area contributed by atoms with Gasteiger partial charge in [-0.1, -0.05) is 0 Å². The van der Waals surface area contributed by atoms with Gasteiger partial charge in [-0.3, -0.25) is 4.90 Å². The molecule has 2 aromatic rings. The number of aromatic nitrogens is 2. The minimum atomic E-state index is -3.73. The molecule has 0 aliphatic carbocycles. The zero-order valence-corrected chi connectivity index (χ0v) is 16.4. The third-order valence-electron chi connectivity index (χ3n) is 4.45. The maximum Gasteiger partial charge on any atom is 0.349 e. The van der Waals surface area contributed by atoms with E-state index in [1.807, 2.05) is 17.8 Å². The number of rotatable bonds is 5. The molecule has 1 aliphatic rings. The number of aryl methyl sites for hydroxylation is 1. The second kappa shape index (κ2) is 7.87. The number of carbonyl (C=O) groups excluding carboxylic acids is 1. The second-order valence-corrected chi connectivity index (χ2v) is 8.92. The van der Waals surface area contributed by atoms with Gasteiger partial charge in [-0.2, -0.15) is 4.31 Å². The van der Waals surface area contributed by atoms with E-state index in [0.717, 1.165) is 30.1 Å². The van der Waals surface area contributed by atoms with Crippen LogP contribution in [0, 0.1) is 0 Å². The first-order valence-electron chi connectivity index (χ1n) is 8.28. The number of nitrogens with zero attached hydrogens (tertiary/aromatic N) is 4. The Balaban J connectivity index is 1.73. The average molecular weight is 399 g/mol. The molecule has 0 unspecified atom stereocenters. The number of hydrogen-bond acceptors (Lipinski definition) is 7. The fourth-order valence-electron chi connectivity index (χ4n) is 2.98. The molecule has 0 amide bonds. The number of thiophene rings is 1. The molecule has 3 heterocycles. The molecule has 0 saturated carbocycles. The number of esters is 1. The van der Waals surface area contributed by atoms with Crippen molar-refractivity contribution in [3.8, 4) is 0 Å². The fraction of sp³-hybridized carbons (Fsp3) is 0.500. The lowest BCUT2D eigenvalue weighted by Gasteiger charge is -2.21. The van der Waals surface area contributed by atoms with Gasteiger partial charge in [0.2, 0.25) is 10.0 Å². The van der Waals surface area contributed by atoms with Crippen LogP contribution in [0.15, 0.2) is 28.7 Å². The summed E-state index contributed by atoms with van der Waals surface area (Å²) in [5.41, 5.74) is 0. The van der Waals surface area contributed by atoms with Crippen LogP contribution in [0.5, 0.6) is 0 Å². The number of hydrogen-bond donors (Lipinski definition) is 0. The highest BCUT2D eigenvalue weighted by Crippen LogP contribution is 2.26. The number of sulfonamides is 1. The summed E-state index contributed by atoms with van der Waals surface area (Å²) in [6.45, 7) is 2.90. The Kier molecular flexibility index (Phi) is 5.76. The Morgan fingerprint density at radius 2 is 2.12 bits per heavy atom. The lowest BCUT2D eigenvalue weighted by Crippen LogP contribution is -2.35. The van der Waals surface area contributed by atoms with Crippen LogP contribution < -0.4 is 0 Å². The molecule has 0 radical (unpaired) electrons. The number of ether oxygens (including phenoxy) is 1. The molecule has 1 saturated heterocycles. The van der Waals surface area contributed by atoms with E-state index < -0.39 is 16.0 Å². The van der Waals surface area contributed by atoms with Gasteiger partial charge in [0.05, 0.1) is 13.7 Å². The Hall–Kier alpha value is -1.75. The topological polar surface area (TPSA) is 84.7 Å². The Labute approximate surface area is 157 Å². The van der Waals surface area contributed by atoms with Crippen molar-refractivity contribution >= 4 is 27.3 Å². The molecule has 1 aliphatic heterocycles. The lowest BCUT2D eigenvalue weighted by atomic mass is 10.4. The number of methoxy groups -OCH3 is 1. The van der Waals surface area contributed by atoms with E-state index in [2.05, 4.69) is 9.88 Å². The normalized spacial score (nSPS) is 17.2. The minimum Gasteiger partial charge on any atom is -0.465 e. The van der Waals surface area contributed by atoms with E-state index in [0.29, 0.717) is 26.2 Å². The van der Waals surface area contributed by atoms with Gasteiger partial charge >= 0.3 is 5.97 Å². The molecule has 8 nitrogen and oxygen atoms in total. The molecule has 2 aromatic heterocycles. The van der Waals surface area contributed by atoms with Crippen LogP contribution in [0.25, 0.3) is 0 Å². The summed E-state index contributed by atoms with van der Waals surface area (Å²) in [5, 5.41) is 1.60. The first-order chi connectivity index (χ1) is 12.4. The van der Waals surface area contributed by atoms with Crippen molar-refractivity contribution in [2.24, 2.45) is 7.05 Å². The summed E-state index contributed by atoms with van der Waals surface area (Å²) >= 11 is 1.08. The van der Waals surface area contributed by atoms with Gasteiger partial charge in [0.25, 0.3) is 0 Å². The van der Waals surface area contributed by atoms with Gasteiger partial charge in [-0.25, -0.2) is 18.2 Å². The number of carbonyl (C=O) groups is 1. The predicted octanol–water partition coefficient (Wildman–Crippen LogP) is 1.16. The molecule has 0 spiro atoms. The fourth-order valence-corrected chi connectivity index (χ4v) is 5.75. The van der Waals surface area contributed by atoms with Gasteiger partial charge in [-0.15, -0.1) is 11.3 Å². The van der Waals surface area contributed by atoms with Crippen LogP contribution in [-0.4, -0.2) is 66.4 Å². The average Bonchev–Trinajstić information content (AvgIpc) is 3.19. The van der Waals surface area contributed by atoms with Crippen LogP contribution in [-0.2, 0) is 28.4 Å². The third kappa shape index (κ3) is 3.83. The van der Waals surface area contributed by atoms with Crippen molar-refractivity contribution < 1.29 is 17.9 Å². The molecular weight excluding hydrogens is 376 g/mol. The van der Waals surface area contributed by atoms with E-state index >= 15 is 0 Å². The Morgan fingerprint density at radius 3 is 2.81 bits per heavy atom. The van der Waals surface area contributed by atoms with Crippen molar-refractivity contribution in [3.63, 3.8) is 0 Å². The molecule has 10 heteroatoms. The monoisotopic (exact) mass is 398 g/mol. The summed E-state index contributed by atoms with van der Waals surface area (Å²) in [7, 11) is -0.530. The summed E-state index contributed by atoms with van der Waals surface area (Å²) in [6.07, 6.45) is 4.38. The highest BCUT2D eigenvalue weighted by atomic mass is 32.2. The standard InChI is InChI=1S/C16H22N4O4S2/c1-18-8-5-17-14(18)12-19-6-3-7-20(10-9-19)26(22,23)13-4-11-25-15(13)16(21)24-2/h4-5,8,11H,3,6-7,9-10,12H2,1-2H3. The highest BCUT2D eigenvalue weighted by Gasteiger charge is 2.31. The first-order valence-corrected chi connectivity index (χ1v) is 10.6. The molecule has 142 valence electrons. The number of imidazole rings is 1. The quantitative estimate of drug-likeness (QED) is 0.703. The van der Waals surface area contributed by atoms with Crippen LogP contribution in [0.4, 0.5) is 0 Å². The predicted molar refractivity (Wildman–Crippen MR) is 97.5 cm³/mol. The molecule has 1 fully saturated rings. The second-order valence-electron chi connectivity index (χ2n) is 6.09. The van der Waals surface area contributed by atoms with E-state index in [4.69, 9.17) is 4.74 Å². The Bertz CT molecular complexity index is 874. The van der Waals surface area contributed by atoms with E-state index in [1.54, 1.807) is 11.6 Å². The van der Waals surface area contributed by atoms with Gasteiger partial charge in [0.1, 0.15) is 15.6 Å². The van der Waals surface area contributed by atoms with Gasteiger partial charge in [-0.05, 0) is 24.4 Å². The molecule has 3 rings (SSSR count).